The Morgan fingerprint density at radius 3 is 2.41 bits per heavy atom. The van der Waals surface area contributed by atoms with Gasteiger partial charge in [-0.3, -0.25) is 28.9 Å². The van der Waals surface area contributed by atoms with Crippen LogP contribution in [-0.4, -0.2) is 71.2 Å². The SMILES string of the molecule is [C-]#[N+][C@@H]1C[C@@]2(CN1C(=O)[C@H](CC(C)(C)C)N(C)C(=O)[C@H](C)NC(=O)C(F)(F)CCc1ccccc1)C(=O)Nc1ccccc12. The number of benzene rings is 2. The van der Waals surface area contributed by atoms with Crippen molar-refractivity contribution < 1.29 is 28.0 Å². The number of carbonyl (C=O) groups excluding carboxylic acids is 4. The van der Waals surface area contributed by atoms with Gasteiger partial charge in [-0.25, -0.2) is 6.57 Å². The minimum absolute atomic E-state index is 0.0201. The number of nitrogens with one attached hydrogen (secondary N) is 2. The van der Waals surface area contributed by atoms with Crippen LogP contribution in [0.25, 0.3) is 4.85 Å². The molecule has 2 aromatic rings. The summed E-state index contributed by atoms with van der Waals surface area (Å²) in [5.41, 5.74) is 0.471. The topological polar surface area (TPSA) is 103 Å². The van der Waals surface area contributed by atoms with Gasteiger partial charge < -0.3 is 15.5 Å². The van der Waals surface area contributed by atoms with Crippen molar-refractivity contribution in [2.24, 2.45) is 5.41 Å². The molecule has 1 fully saturated rings. The van der Waals surface area contributed by atoms with Crippen LogP contribution in [0.1, 0.15) is 58.1 Å². The number of aryl methyl sites for hydroxylation is 1. The zero-order chi connectivity index (χ0) is 32.4. The molecule has 11 heteroatoms. The Balaban J connectivity index is 1.51. The number of amides is 4. The molecule has 0 bridgehead atoms. The van der Waals surface area contributed by atoms with Crippen molar-refractivity contribution in [3.8, 4) is 0 Å². The summed E-state index contributed by atoms with van der Waals surface area (Å²) in [6.45, 7) is 14.8. The number of fused-ring (bicyclic) bond motifs is 2. The maximum Gasteiger partial charge on any atom is 0.324 e. The van der Waals surface area contributed by atoms with Crippen molar-refractivity contribution in [3.63, 3.8) is 0 Å². The third kappa shape index (κ3) is 6.59. The lowest BCUT2D eigenvalue weighted by molar-refractivity contribution is -0.152. The zero-order valence-corrected chi connectivity index (χ0v) is 25.7. The van der Waals surface area contributed by atoms with Gasteiger partial charge in [0.1, 0.15) is 17.5 Å². The van der Waals surface area contributed by atoms with Gasteiger partial charge in [0.15, 0.2) is 0 Å². The Morgan fingerprint density at radius 2 is 1.77 bits per heavy atom. The van der Waals surface area contributed by atoms with E-state index in [-0.39, 0.29) is 31.7 Å². The van der Waals surface area contributed by atoms with Crippen molar-refractivity contribution >= 4 is 29.3 Å². The third-order valence-electron chi connectivity index (χ3n) is 8.42. The van der Waals surface area contributed by atoms with Gasteiger partial charge in [0, 0.05) is 25.7 Å². The number of carbonyl (C=O) groups is 4. The molecule has 0 saturated carbocycles. The fourth-order valence-electron chi connectivity index (χ4n) is 6.00. The van der Waals surface area contributed by atoms with Crippen molar-refractivity contribution in [1.29, 1.82) is 0 Å². The molecule has 2 aliphatic rings. The number of alkyl halides is 2. The lowest BCUT2D eigenvalue weighted by Crippen LogP contribution is -2.57. The van der Waals surface area contributed by atoms with E-state index in [4.69, 9.17) is 6.57 Å². The van der Waals surface area contributed by atoms with E-state index in [0.29, 0.717) is 11.3 Å². The summed E-state index contributed by atoms with van der Waals surface area (Å²) in [5.74, 6) is -6.81. The number of hydrogen-bond donors (Lipinski definition) is 2. The van der Waals surface area contributed by atoms with Crippen LogP contribution in [0.3, 0.4) is 0 Å². The molecule has 44 heavy (non-hydrogen) atoms. The Bertz CT molecular complexity index is 1470. The molecular weight excluding hydrogens is 568 g/mol. The lowest BCUT2D eigenvalue weighted by atomic mass is 9.80. The van der Waals surface area contributed by atoms with Gasteiger partial charge in [-0.05, 0) is 42.4 Å². The highest BCUT2D eigenvalue weighted by molar-refractivity contribution is 6.07. The van der Waals surface area contributed by atoms with E-state index in [0.717, 1.165) is 10.5 Å². The molecule has 9 nitrogen and oxygen atoms in total. The molecule has 234 valence electrons. The number of rotatable bonds is 9. The van der Waals surface area contributed by atoms with Crippen molar-refractivity contribution in [2.45, 2.75) is 83.0 Å². The van der Waals surface area contributed by atoms with Gasteiger partial charge in [0.2, 0.25) is 11.8 Å². The first-order valence-electron chi connectivity index (χ1n) is 14.7. The first-order chi connectivity index (χ1) is 20.6. The number of nitrogens with zero attached hydrogens (tertiary/aromatic N) is 3. The van der Waals surface area contributed by atoms with Gasteiger partial charge in [-0.2, -0.15) is 8.78 Å². The highest BCUT2D eigenvalue weighted by Crippen LogP contribution is 2.47. The monoisotopic (exact) mass is 607 g/mol. The largest absolute Gasteiger partial charge is 0.339 e. The van der Waals surface area contributed by atoms with Gasteiger partial charge in [0.05, 0.1) is 6.42 Å². The first kappa shape index (κ1) is 32.6. The molecule has 2 aliphatic heterocycles. The fourth-order valence-corrected chi connectivity index (χ4v) is 6.00. The second-order valence-electron chi connectivity index (χ2n) is 13.0. The highest BCUT2D eigenvalue weighted by Gasteiger charge is 2.59. The van der Waals surface area contributed by atoms with Crippen LogP contribution >= 0.6 is 0 Å². The molecule has 0 unspecified atom stereocenters. The van der Waals surface area contributed by atoms with E-state index >= 15 is 0 Å². The summed E-state index contributed by atoms with van der Waals surface area (Å²) >= 11 is 0. The number of likely N-dealkylation sites (tertiary alicyclic amines) is 1. The van der Waals surface area contributed by atoms with E-state index in [1.165, 1.54) is 18.9 Å². The first-order valence-corrected chi connectivity index (χ1v) is 14.7. The van der Waals surface area contributed by atoms with Gasteiger partial charge in [-0.15, -0.1) is 0 Å². The summed E-state index contributed by atoms with van der Waals surface area (Å²) in [4.78, 5) is 59.6. The zero-order valence-electron chi connectivity index (χ0n) is 25.7. The van der Waals surface area contributed by atoms with E-state index in [1.807, 2.05) is 26.8 Å². The number of anilines is 1. The molecule has 1 spiro atoms. The number of likely N-dealkylation sites (N-methyl/N-ethyl adjacent to an activating group) is 1. The summed E-state index contributed by atoms with van der Waals surface area (Å²) in [6, 6.07) is 13.4. The predicted molar refractivity (Wildman–Crippen MR) is 161 cm³/mol. The molecule has 4 atom stereocenters. The molecule has 0 radical (unpaired) electrons. The molecule has 2 aromatic carbocycles. The second kappa shape index (κ2) is 12.3. The lowest BCUT2D eigenvalue weighted by Gasteiger charge is -2.36. The van der Waals surface area contributed by atoms with Crippen LogP contribution in [-0.2, 0) is 31.0 Å². The minimum Gasteiger partial charge on any atom is -0.339 e. The highest BCUT2D eigenvalue weighted by atomic mass is 19.3. The summed E-state index contributed by atoms with van der Waals surface area (Å²) in [7, 11) is 1.39. The van der Waals surface area contributed by atoms with Gasteiger partial charge in [-0.1, -0.05) is 69.3 Å². The maximum absolute atomic E-state index is 14.7. The Morgan fingerprint density at radius 1 is 1.14 bits per heavy atom. The van der Waals surface area contributed by atoms with Gasteiger partial charge >= 0.3 is 12.1 Å². The van der Waals surface area contributed by atoms with E-state index in [2.05, 4.69) is 15.5 Å². The minimum atomic E-state index is -3.71. The van der Waals surface area contributed by atoms with Crippen LogP contribution in [0.15, 0.2) is 54.6 Å². The Hall–Kier alpha value is -4.33. The van der Waals surface area contributed by atoms with E-state index in [1.54, 1.807) is 48.5 Å². The second-order valence-corrected chi connectivity index (χ2v) is 13.0. The normalized spacial score (nSPS) is 20.8. The quantitative estimate of drug-likeness (QED) is 0.413. The molecule has 0 aromatic heterocycles. The average Bonchev–Trinajstić information content (AvgIpc) is 3.51. The predicted octanol–water partition coefficient (Wildman–Crippen LogP) is 4.39. The molecule has 1 saturated heterocycles. The molecule has 0 aliphatic carbocycles. The average molecular weight is 608 g/mol. The molecular formula is C33H39F2N5O4. The fraction of sp³-hybridized carbons (Fsp3) is 0.485. The molecule has 4 amide bonds. The molecule has 2 N–H and O–H groups in total. The third-order valence-corrected chi connectivity index (χ3v) is 8.42. The summed E-state index contributed by atoms with van der Waals surface area (Å²) < 4.78 is 29.5. The number of hydrogen-bond acceptors (Lipinski definition) is 4. The van der Waals surface area contributed by atoms with Gasteiger partial charge in [0.25, 0.3) is 11.8 Å². The van der Waals surface area contributed by atoms with Crippen LogP contribution in [0, 0.1) is 12.0 Å². The smallest absolute Gasteiger partial charge is 0.324 e. The number of para-hydroxylation sites is 1. The summed E-state index contributed by atoms with van der Waals surface area (Å²) in [6.07, 6.45) is -1.39. The maximum atomic E-state index is 14.7. The van der Waals surface area contributed by atoms with Crippen molar-refractivity contribution in [3.05, 3.63) is 77.1 Å². The van der Waals surface area contributed by atoms with Crippen LogP contribution in [0.2, 0.25) is 0 Å². The Kier molecular flexibility index (Phi) is 9.14. The van der Waals surface area contributed by atoms with Crippen molar-refractivity contribution in [2.75, 3.05) is 18.9 Å². The van der Waals surface area contributed by atoms with E-state index in [9.17, 15) is 28.0 Å². The summed E-state index contributed by atoms with van der Waals surface area (Å²) in [5, 5.41) is 4.99. The van der Waals surface area contributed by atoms with Crippen LogP contribution < -0.4 is 10.6 Å². The number of halogens is 2. The molecule has 4 rings (SSSR count). The molecule has 2 heterocycles. The van der Waals surface area contributed by atoms with E-state index < -0.39 is 59.1 Å². The Labute approximate surface area is 256 Å². The standard InChI is InChI=1S/C33H39F2N5O4/c1-21(37-30(44)33(34,35)17-16-22-12-8-7-9-13-22)27(41)39(6)25(18-31(2,3)4)28(42)40-20-32(19-26(40)36-5)23-14-10-11-15-24(23)38-29(32)43/h7-15,21,25-26H,16-20H2,1-4,6H3,(H,37,44)(H,38,43)/t21-,25-,26-,32-/m0/s1. The van der Waals surface area contributed by atoms with Crippen LogP contribution in [0.4, 0.5) is 14.5 Å². The van der Waals surface area contributed by atoms with Crippen LogP contribution in [0.5, 0.6) is 0 Å². The van der Waals surface area contributed by atoms with Crippen molar-refractivity contribution in [1.82, 2.24) is 15.1 Å².